The molecule has 0 aliphatic carbocycles. The fourth-order valence-electron chi connectivity index (χ4n) is 2.93. The summed E-state index contributed by atoms with van der Waals surface area (Å²) in [5.41, 5.74) is 1.83. The van der Waals surface area contributed by atoms with E-state index in [2.05, 4.69) is 25.8 Å². The van der Waals surface area contributed by atoms with Crippen LogP contribution < -0.4 is 15.4 Å². The summed E-state index contributed by atoms with van der Waals surface area (Å²) in [6.45, 7) is 6.37. The molecule has 2 amide bonds. The summed E-state index contributed by atoms with van der Waals surface area (Å²) in [7, 11) is 0. The molecule has 1 unspecified atom stereocenters. The molecule has 3 N–H and O–H groups in total. The highest BCUT2D eigenvalue weighted by atomic mass is 32.1. The summed E-state index contributed by atoms with van der Waals surface area (Å²) in [4.78, 5) is 29.6. The molecule has 0 aliphatic heterocycles. The molecule has 0 saturated carbocycles. The second-order valence-corrected chi connectivity index (χ2v) is 8.66. The van der Waals surface area contributed by atoms with Gasteiger partial charge in [-0.25, -0.2) is 4.98 Å². The summed E-state index contributed by atoms with van der Waals surface area (Å²) < 4.78 is 5.74. The predicted molar refractivity (Wildman–Crippen MR) is 120 cm³/mol. The van der Waals surface area contributed by atoms with Crippen LogP contribution in [0.15, 0.2) is 41.9 Å². The summed E-state index contributed by atoms with van der Waals surface area (Å²) in [5.74, 6) is 0.978. The van der Waals surface area contributed by atoms with Crippen molar-refractivity contribution < 1.29 is 14.3 Å². The topological polar surface area (TPSA) is 109 Å². The second kappa shape index (κ2) is 10.7. The standard InChI is InChI=1S/C22H27N5O3S/c1-14(2)10-18(22(29)26-19-8-9-23-27-19)25-20(28)11-16-13-31-21(24-16)12-30-17-6-4-15(3)5-7-17/h4-9,13-14,18H,10-12H2,1-3H3,(H,25,28)(H2,23,26,27,29). The van der Waals surface area contributed by atoms with Crippen molar-refractivity contribution in [3.63, 3.8) is 0 Å². The molecule has 0 aliphatic rings. The summed E-state index contributed by atoms with van der Waals surface area (Å²) in [6.07, 6.45) is 2.18. The summed E-state index contributed by atoms with van der Waals surface area (Å²) in [6, 6.07) is 8.83. The molecule has 2 aromatic heterocycles. The Labute approximate surface area is 185 Å². The largest absolute Gasteiger partial charge is 0.486 e. The number of aromatic amines is 1. The van der Waals surface area contributed by atoms with Gasteiger partial charge in [0, 0.05) is 11.4 Å². The van der Waals surface area contributed by atoms with Gasteiger partial charge in [0.2, 0.25) is 11.8 Å². The monoisotopic (exact) mass is 441 g/mol. The number of hydrogen-bond donors (Lipinski definition) is 3. The molecule has 0 fully saturated rings. The Morgan fingerprint density at radius 3 is 2.65 bits per heavy atom. The maximum absolute atomic E-state index is 12.6. The van der Waals surface area contributed by atoms with Gasteiger partial charge in [-0.1, -0.05) is 31.5 Å². The van der Waals surface area contributed by atoms with Gasteiger partial charge in [0.1, 0.15) is 29.2 Å². The van der Waals surface area contributed by atoms with E-state index >= 15 is 0 Å². The SMILES string of the molecule is Cc1ccc(OCc2nc(CC(=O)NC(CC(C)C)C(=O)Nc3ccn[nH]3)cs2)cc1. The molecule has 31 heavy (non-hydrogen) atoms. The number of nitrogens with zero attached hydrogens (tertiary/aromatic N) is 2. The van der Waals surface area contributed by atoms with Crippen LogP contribution in [0.2, 0.25) is 0 Å². The highest BCUT2D eigenvalue weighted by Crippen LogP contribution is 2.16. The normalized spacial score (nSPS) is 11.9. The number of thiazole rings is 1. The first kappa shape index (κ1) is 22.5. The fourth-order valence-corrected chi connectivity index (χ4v) is 3.64. The predicted octanol–water partition coefficient (Wildman–Crippen LogP) is 3.47. The summed E-state index contributed by atoms with van der Waals surface area (Å²) >= 11 is 1.45. The van der Waals surface area contributed by atoms with Crippen LogP contribution >= 0.6 is 11.3 Å². The second-order valence-electron chi connectivity index (χ2n) is 7.72. The smallest absolute Gasteiger partial charge is 0.248 e. The number of aryl methyl sites for hydroxylation is 1. The third kappa shape index (κ3) is 7.21. The lowest BCUT2D eigenvalue weighted by Crippen LogP contribution is -2.45. The average Bonchev–Trinajstić information content (AvgIpc) is 3.38. The molecule has 8 nitrogen and oxygen atoms in total. The van der Waals surface area contributed by atoms with Crippen LogP contribution in [0.3, 0.4) is 0 Å². The molecular formula is C22H27N5O3S. The van der Waals surface area contributed by atoms with Crippen LogP contribution in [-0.2, 0) is 22.6 Å². The molecule has 164 valence electrons. The Kier molecular flexibility index (Phi) is 7.77. The number of carbonyl (C=O) groups excluding carboxylic acids is 2. The molecule has 3 rings (SSSR count). The Morgan fingerprint density at radius 1 is 1.19 bits per heavy atom. The van der Waals surface area contributed by atoms with E-state index in [1.165, 1.54) is 16.9 Å². The van der Waals surface area contributed by atoms with Crippen molar-refractivity contribution in [3.05, 3.63) is 58.2 Å². The highest BCUT2D eigenvalue weighted by molar-refractivity contribution is 7.09. The van der Waals surface area contributed by atoms with Crippen molar-refractivity contribution in [3.8, 4) is 5.75 Å². The lowest BCUT2D eigenvalue weighted by atomic mass is 10.0. The minimum Gasteiger partial charge on any atom is -0.486 e. The first-order valence-corrected chi connectivity index (χ1v) is 11.0. The molecule has 1 aromatic carbocycles. The van der Waals surface area contributed by atoms with E-state index in [0.29, 0.717) is 24.5 Å². The van der Waals surface area contributed by atoms with Crippen molar-refractivity contribution >= 4 is 29.0 Å². The third-order valence-electron chi connectivity index (χ3n) is 4.44. The minimum atomic E-state index is -0.640. The zero-order valence-electron chi connectivity index (χ0n) is 17.8. The van der Waals surface area contributed by atoms with Crippen LogP contribution in [-0.4, -0.2) is 33.0 Å². The Bertz CT molecular complexity index is 983. The Hall–Kier alpha value is -3.20. The van der Waals surface area contributed by atoms with E-state index in [1.807, 2.05) is 50.4 Å². The number of benzene rings is 1. The number of aromatic nitrogens is 3. The average molecular weight is 442 g/mol. The number of rotatable bonds is 10. The lowest BCUT2D eigenvalue weighted by molar-refractivity contribution is -0.126. The number of anilines is 1. The number of carbonyl (C=O) groups is 2. The molecule has 0 saturated heterocycles. The highest BCUT2D eigenvalue weighted by Gasteiger charge is 2.23. The zero-order chi connectivity index (χ0) is 22.2. The van der Waals surface area contributed by atoms with E-state index < -0.39 is 6.04 Å². The van der Waals surface area contributed by atoms with E-state index in [4.69, 9.17) is 4.74 Å². The van der Waals surface area contributed by atoms with Gasteiger partial charge in [0.25, 0.3) is 0 Å². The first-order valence-electron chi connectivity index (χ1n) is 10.1. The molecule has 9 heteroatoms. The number of amides is 2. The number of hydrogen-bond acceptors (Lipinski definition) is 6. The van der Waals surface area contributed by atoms with Gasteiger partial charge in [-0.3, -0.25) is 14.7 Å². The van der Waals surface area contributed by atoms with Gasteiger partial charge in [-0.05, 0) is 31.4 Å². The van der Waals surface area contributed by atoms with Gasteiger partial charge in [-0.2, -0.15) is 5.10 Å². The van der Waals surface area contributed by atoms with E-state index in [1.54, 1.807) is 12.3 Å². The van der Waals surface area contributed by atoms with Crippen LogP contribution in [0, 0.1) is 12.8 Å². The zero-order valence-corrected chi connectivity index (χ0v) is 18.7. The van der Waals surface area contributed by atoms with Gasteiger partial charge in [-0.15, -0.1) is 11.3 Å². The van der Waals surface area contributed by atoms with Gasteiger partial charge in [0.05, 0.1) is 18.3 Å². The van der Waals surface area contributed by atoms with Crippen LogP contribution in [0.4, 0.5) is 5.82 Å². The lowest BCUT2D eigenvalue weighted by Gasteiger charge is -2.19. The molecule has 0 radical (unpaired) electrons. The molecule has 1 atom stereocenters. The van der Waals surface area contributed by atoms with Crippen LogP contribution in [0.1, 0.15) is 36.5 Å². The molecular weight excluding hydrogens is 414 g/mol. The van der Waals surface area contributed by atoms with E-state index in [-0.39, 0.29) is 24.2 Å². The fraction of sp³-hybridized carbons (Fsp3) is 0.364. The first-order chi connectivity index (χ1) is 14.9. The molecule has 0 bridgehead atoms. The molecule has 0 spiro atoms. The third-order valence-corrected chi connectivity index (χ3v) is 5.31. The van der Waals surface area contributed by atoms with E-state index in [9.17, 15) is 9.59 Å². The quantitative estimate of drug-likeness (QED) is 0.446. The molecule has 2 heterocycles. The number of nitrogens with one attached hydrogen (secondary N) is 3. The van der Waals surface area contributed by atoms with E-state index in [0.717, 1.165) is 10.8 Å². The van der Waals surface area contributed by atoms with Gasteiger partial charge >= 0.3 is 0 Å². The van der Waals surface area contributed by atoms with Crippen molar-refractivity contribution in [2.45, 2.75) is 46.3 Å². The summed E-state index contributed by atoms with van der Waals surface area (Å²) in [5, 5.41) is 14.7. The number of ether oxygens (including phenoxy) is 1. The van der Waals surface area contributed by atoms with Crippen LogP contribution in [0.25, 0.3) is 0 Å². The van der Waals surface area contributed by atoms with Gasteiger partial charge in [0.15, 0.2) is 0 Å². The van der Waals surface area contributed by atoms with Crippen molar-refractivity contribution in [2.75, 3.05) is 5.32 Å². The minimum absolute atomic E-state index is 0.104. The van der Waals surface area contributed by atoms with Crippen molar-refractivity contribution in [2.24, 2.45) is 5.92 Å². The van der Waals surface area contributed by atoms with Crippen molar-refractivity contribution in [1.29, 1.82) is 0 Å². The maximum Gasteiger partial charge on any atom is 0.248 e. The maximum atomic E-state index is 12.6. The van der Waals surface area contributed by atoms with Crippen LogP contribution in [0.5, 0.6) is 5.75 Å². The Morgan fingerprint density at radius 2 is 1.97 bits per heavy atom. The van der Waals surface area contributed by atoms with Gasteiger partial charge < -0.3 is 15.4 Å². The molecule has 3 aromatic rings. The van der Waals surface area contributed by atoms with Crippen molar-refractivity contribution in [1.82, 2.24) is 20.5 Å². The Balaban J connectivity index is 1.52. The number of H-pyrrole nitrogens is 1.